The molecule has 0 radical (unpaired) electrons. The van der Waals surface area contributed by atoms with Gasteiger partial charge in [0.25, 0.3) is 0 Å². The fraction of sp³-hybridized carbons (Fsp3) is 0.120. The van der Waals surface area contributed by atoms with Crippen molar-refractivity contribution >= 4 is 45.6 Å². The number of amides is 2. The average Bonchev–Trinajstić information content (AvgIpc) is 2.86. The second-order valence-electron chi connectivity index (χ2n) is 6.89. The fourth-order valence-corrected chi connectivity index (χ4v) is 3.28. The van der Waals surface area contributed by atoms with E-state index in [1.807, 2.05) is 6.92 Å². The second-order valence-corrected chi connectivity index (χ2v) is 7.74. The highest BCUT2D eigenvalue weighted by Crippen LogP contribution is 2.29. The van der Waals surface area contributed by atoms with Gasteiger partial charge in [-0.05, 0) is 83.0 Å². The molecule has 0 aliphatic carbocycles. The number of anilines is 1. The second kappa shape index (κ2) is 12.3. The van der Waals surface area contributed by atoms with Gasteiger partial charge in [-0.2, -0.15) is 5.10 Å². The monoisotopic (exact) mass is 539 g/mol. The predicted octanol–water partition coefficient (Wildman–Crippen LogP) is 4.16. The van der Waals surface area contributed by atoms with Gasteiger partial charge in [-0.1, -0.05) is 12.1 Å². The molecule has 2 N–H and O–H groups in total. The Morgan fingerprint density at radius 1 is 0.971 bits per heavy atom. The summed E-state index contributed by atoms with van der Waals surface area (Å²) in [6.07, 6.45) is 1.32. The summed E-state index contributed by atoms with van der Waals surface area (Å²) >= 11 is 3.32. The normalized spacial score (nSPS) is 10.5. The van der Waals surface area contributed by atoms with Gasteiger partial charge in [0.2, 0.25) is 0 Å². The summed E-state index contributed by atoms with van der Waals surface area (Å²) in [6, 6.07) is 18.2. The van der Waals surface area contributed by atoms with Gasteiger partial charge in [0.15, 0.2) is 11.5 Å². The molecule has 0 fully saturated rings. The molecule has 9 nitrogen and oxygen atoms in total. The van der Waals surface area contributed by atoms with Crippen LogP contribution in [-0.2, 0) is 9.59 Å². The Labute approximate surface area is 210 Å². The Hall–Kier alpha value is -4.18. The molecule has 0 bridgehead atoms. The number of nitrogens with one attached hydrogen (secondary N) is 2. The van der Waals surface area contributed by atoms with Crippen molar-refractivity contribution in [1.82, 2.24) is 5.43 Å². The topological polar surface area (TPSA) is 115 Å². The molecule has 3 aromatic carbocycles. The first-order valence-corrected chi connectivity index (χ1v) is 11.2. The maximum Gasteiger partial charge on any atom is 0.344 e. The lowest BCUT2D eigenvalue weighted by molar-refractivity contribution is -0.136. The number of carbonyl (C=O) groups is 3. The number of hydrogen-bond acceptors (Lipinski definition) is 7. The van der Waals surface area contributed by atoms with E-state index >= 15 is 0 Å². The first-order chi connectivity index (χ1) is 16.9. The van der Waals surface area contributed by atoms with E-state index in [0.29, 0.717) is 33.6 Å². The van der Waals surface area contributed by atoms with Gasteiger partial charge < -0.3 is 19.5 Å². The van der Waals surface area contributed by atoms with Crippen LogP contribution in [-0.4, -0.2) is 37.7 Å². The van der Waals surface area contributed by atoms with E-state index in [-0.39, 0.29) is 11.5 Å². The van der Waals surface area contributed by atoms with Crippen LogP contribution in [0.4, 0.5) is 5.69 Å². The van der Waals surface area contributed by atoms with E-state index in [2.05, 4.69) is 31.8 Å². The predicted molar refractivity (Wildman–Crippen MR) is 134 cm³/mol. The van der Waals surface area contributed by atoms with Crippen molar-refractivity contribution in [2.75, 3.05) is 19.0 Å². The maximum atomic E-state index is 12.5. The zero-order valence-corrected chi connectivity index (χ0v) is 20.5. The van der Waals surface area contributed by atoms with Crippen LogP contribution in [0.5, 0.6) is 17.2 Å². The van der Waals surface area contributed by atoms with Crippen molar-refractivity contribution in [2.24, 2.45) is 5.10 Å². The van der Waals surface area contributed by atoms with Crippen molar-refractivity contribution in [1.29, 1.82) is 0 Å². The van der Waals surface area contributed by atoms with Crippen LogP contribution in [0.1, 0.15) is 22.8 Å². The number of nitrogens with zero attached hydrogens (tertiary/aromatic N) is 1. The molecule has 10 heteroatoms. The van der Waals surface area contributed by atoms with E-state index in [9.17, 15) is 14.4 Å². The molecule has 3 aromatic rings. The average molecular weight is 540 g/mol. The third-order valence-corrected chi connectivity index (χ3v) is 5.18. The number of methoxy groups -OCH3 is 1. The molecule has 0 aliphatic rings. The largest absolute Gasteiger partial charge is 0.494 e. The number of hydrazone groups is 1. The van der Waals surface area contributed by atoms with Crippen LogP contribution in [0.25, 0.3) is 0 Å². The molecule has 0 unspecified atom stereocenters. The number of halogens is 1. The van der Waals surface area contributed by atoms with Crippen LogP contribution in [0.3, 0.4) is 0 Å². The Morgan fingerprint density at radius 2 is 1.71 bits per heavy atom. The Kier molecular flexibility index (Phi) is 8.96. The smallest absolute Gasteiger partial charge is 0.344 e. The third-order valence-electron chi connectivity index (χ3n) is 4.49. The van der Waals surface area contributed by atoms with Crippen molar-refractivity contribution in [3.63, 3.8) is 0 Å². The van der Waals surface area contributed by atoms with Gasteiger partial charge >= 0.3 is 17.8 Å². The van der Waals surface area contributed by atoms with E-state index in [4.69, 9.17) is 14.2 Å². The summed E-state index contributed by atoms with van der Waals surface area (Å²) in [4.78, 5) is 36.5. The van der Waals surface area contributed by atoms with E-state index in [1.165, 1.54) is 19.4 Å². The Bertz CT molecular complexity index is 1240. The third kappa shape index (κ3) is 7.15. The highest BCUT2D eigenvalue weighted by atomic mass is 79.9. The van der Waals surface area contributed by atoms with Crippen molar-refractivity contribution in [2.45, 2.75) is 6.92 Å². The molecule has 0 aromatic heterocycles. The Balaban J connectivity index is 1.58. The molecular weight excluding hydrogens is 518 g/mol. The van der Waals surface area contributed by atoms with E-state index in [0.717, 1.165) is 0 Å². The maximum absolute atomic E-state index is 12.5. The molecule has 3 rings (SSSR count). The lowest BCUT2D eigenvalue weighted by atomic mass is 10.2. The van der Waals surface area contributed by atoms with Crippen LogP contribution >= 0.6 is 15.9 Å². The van der Waals surface area contributed by atoms with Crippen LogP contribution < -0.4 is 25.0 Å². The summed E-state index contributed by atoms with van der Waals surface area (Å²) in [5.74, 6) is -1.22. The minimum Gasteiger partial charge on any atom is -0.494 e. The van der Waals surface area contributed by atoms with Crippen molar-refractivity contribution in [3.05, 3.63) is 82.3 Å². The zero-order chi connectivity index (χ0) is 25.2. The Morgan fingerprint density at radius 3 is 2.40 bits per heavy atom. The number of rotatable bonds is 8. The number of hydrogen-bond donors (Lipinski definition) is 2. The molecule has 0 aliphatic heterocycles. The summed E-state index contributed by atoms with van der Waals surface area (Å²) < 4.78 is 16.7. The molecule has 0 saturated heterocycles. The SMILES string of the molecule is CCOc1ccc(NC(=O)C(=O)NN=Cc2ccc(OC(=O)c3ccccc3Br)c(OC)c2)cc1. The summed E-state index contributed by atoms with van der Waals surface area (Å²) in [5, 5.41) is 6.26. The summed E-state index contributed by atoms with van der Waals surface area (Å²) in [7, 11) is 1.43. The van der Waals surface area contributed by atoms with Gasteiger partial charge in [-0.3, -0.25) is 9.59 Å². The highest BCUT2D eigenvalue weighted by molar-refractivity contribution is 9.10. The van der Waals surface area contributed by atoms with E-state index in [1.54, 1.807) is 60.7 Å². The molecular formula is C25H22BrN3O6. The minimum atomic E-state index is -0.943. The van der Waals surface area contributed by atoms with E-state index < -0.39 is 17.8 Å². The molecule has 180 valence electrons. The lowest BCUT2D eigenvalue weighted by Gasteiger charge is -2.10. The number of carbonyl (C=O) groups excluding carboxylic acids is 3. The van der Waals surface area contributed by atoms with Gasteiger partial charge in [0.05, 0.1) is 25.5 Å². The quantitative estimate of drug-likeness (QED) is 0.146. The van der Waals surface area contributed by atoms with Gasteiger partial charge in [-0.25, -0.2) is 10.2 Å². The van der Waals surface area contributed by atoms with Gasteiger partial charge in [0, 0.05) is 10.2 Å². The first kappa shape index (κ1) is 25.4. The molecule has 0 heterocycles. The van der Waals surface area contributed by atoms with Gasteiger partial charge in [-0.15, -0.1) is 0 Å². The standard InChI is InChI=1S/C25H22BrN3O6/c1-3-34-18-11-9-17(10-12-18)28-23(30)24(31)29-27-15-16-8-13-21(22(14-16)33-2)35-25(32)19-6-4-5-7-20(19)26/h4-15H,3H2,1-2H3,(H,28,30)(H,29,31). The zero-order valence-electron chi connectivity index (χ0n) is 18.9. The number of esters is 1. The molecule has 0 saturated carbocycles. The molecule has 0 atom stereocenters. The van der Waals surface area contributed by atoms with Crippen molar-refractivity contribution < 1.29 is 28.6 Å². The molecule has 0 spiro atoms. The highest BCUT2D eigenvalue weighted by Gasteiger charge is 2.16. The summed E-state index contributed by atoms with van der Waals surface area (Å²) in [6.45, 7) is 2.39. The number of ether oxygens (including phenoxy) is 3. The van der Waals surface area contributed by atoms with Crippen molar-refractivity contribution in [3.8, 4) is 17.2 Å². The minimum absolute atomic E-state index is 0.212. The number of benzene rings is 3. The van der Waals surface area contributed by atoms with Crippen LogP contribution in [0, 0.1) is 0 Å². The summed E-state index contributed by atoms with van der Waals surface area (Å²) in [5.41, 5.74) is 3.50. The van der Waals surface area contributed by atoms with Gasteiger partial charge in [0.1, 0.15) is 5.75 Å². The van der Waals surface area contributed by atoms with Crippen LogP contribution in [0.2, 0.25) is 0 Å². The molecule has 35 heavy (non-hydrogen) atoms. The van der Waals surface area contributed by atoms with Crippen LogP contribution in [0.15, 0.2) is 76.3 Å². The lowest BCUT2D eigenvalue weighted by Crippen LogP contribution is -2.32. The first-order valence-electron chi connectivity index (χ1n) is 10.4. The molecule has 2 amide bonds. The fourth-order valence-electron chi connectivity index (χ4n) is 2.84.